The average Bonchev–Trinajstić information content (AvgIpc) is 3.13. The van der Waals surface area contributed by atoms with Crippen molar-refractivity contribution in [1.82, 2.24) is 4.98 Å². The molecule has 146 valence electrons. The van der Waals surface area contributed by atoms with Gasteiger partial charge < -0.3 is 14.5 Å². The second-order valence-corrected chi connectivity index (χ2v) is 7.15. The Morgan fingerprint density at radius 1 is 0.966 bits per heavy atom. The van der Waals surface area contributed by atoms with Crippen molar-refractivity contribution in [2.75, 3.05) is 11.9 Å². The van der Waals surface area contributed by atoms with Crippen molar-refractivity contribution in [3.05, 3.63) is 77.4 Å². The fourth-order valence-corrected chi connectivity index (χ4v) is 2.98. The van der Waals surface area contributed by atoms with Crippen LogP contribution in [0.15, 0.2) is 65.1 Å². The fourth-order valence-electron chi connectivity index (χ4n) is 2.98. The predicted octanol–water partition coefficient (Wildman–Crippen LogP) is 5.44. The van der Waals surface area contributed by atoms with E-state index in [0.29, 0.717) is 28.4 Å². The number of anilines is 1. The van der Waals surface area contributed by atoms with Gasteiger partial charge in [-0.25, -0.2) is 4.98 Å². The molecule has 4 rings (SSSR count). The van der Waals surface area contributed by atoms with Crippen LogP contribution in [0.3, 0.4) is 0 Å². The maximum absolute atomic E-state index is 12.2. The van der Waals surface area contributed by atoms with Crippen LogP contribution in [0.5, 0.6) is 5.75 Å². The SMILES string of the molecule is Cc1ccc(OCC(=O)Nc2ccc3oc(-c4ccc(C)c(C)c4)nc3c2)cc1. The van der Waals surface area contributed by atoms with Crippen LogP contribution in [0, 0.1) is 20.8 Å². The number of aryl methyl sites for hydroxylation is 3. The lowest BCUT2D eigenvalue weighted by molar-refractivity contribution is -0.118. The molecule has 1 amide bonds. The first-order chi connectivity index (χ1) is 14.0. The Morgan fingerprint density at radius 3 is 2.52 bits per heavy atom. The molecule has 5 nitrogen and oxygen atoms in total. The number of hydrogen-bond donors (Lipinski definition) is 1. The summed E-state index contributed by atoms with van der Waals surface area (Å²) in [6.07, 6.45) is 0. The highest BCUT2D eigenvalue weighted by atomic mass is 16.5. The number of fused-ring (bicyclic) bond motifs is 1. The largest absolute Gasteiger partial charge is 0.484 e. The number of carbonyl (C=O) groups is 1. The molecular weight excluding hydrogens is 364 g/mol. The van der Waals surface area contributed by atoms with Crippen LogP contribution in [0.25, 0.3) is 22.6 Å². The smallest absolute Gasteiger partial charge is 0.262 e. The first-order valence-corrected chi connectivity index (χ1v) is 9.45. The quantitative estimate of drug-likeness (QED) is 0.496. The summed E-state index contributed by atoms with van der Waals surface area (Å²) in [7, 11) is 0. The lowest BCUT2D eigenvalue weighted by Crippen LogP contribution is -2.20. The topological polar surface area (TPSA) is 64.4 Å². The molecular formula is C24H22N2O3. The first-order valence-electron chi connectivity index (χ1n) is 9.45. The lowest BCUT2D eigenvalue weighted by atomic mass is 10.1. The van der Waals surface area contributed by atoms with Gasteiger partial charge in [0.05, 0.1) is 0 Å². The number of nitrogens with zero attached hydrogens (tertiary/aromatic N) is 1. The van der Waals surface area contributed by atoms with Crippen molar-refractivity contribution in [3.63, 3.8) is 0 Å². The van der Waals surface area contributed by atoms with E-state index in [-0.39, 0.29) is 12.5 Å². The van der Waals surface area contributed by atoms with Gasteiger partial charge >= 0.3 is 0 Å². The summed E-state index contributed by atoms with van der Waals surface area (Å²) in [4.78, 5) is 16.8. The van der Waals surface area contributed by atoms with Crippen LogP contribution in [-0.2, 0) is 4.79 Å². The Bertz CT molecular complexity index is 1180. The normalized spacial score (nSPS) is 10.9. The molecule has 3 aromatic carbocycles. The third kappa shape index (κ3) is 4.29. The molecule has 0 spiro atoms. The molecule has 0 bridgehead atoms. The number of benzene rings is 3. The first kappa shape index (κ1) is 18.7. The molecule has 0 fully saturated rings. The molecule has 1 aromatic heterocycles. The van der Waals surface area contributed by atoms with E-state index in [9.17, 15) is 4.79 Å². The standard InChI is InChI=1S/C24H22N2O3/c1-15-4-9-20(10-5-15)28-14-23(27)25-19-8-11-22-21(13-19)26-24(29-22)18-7-6-16(2)17(3)12-18/h4-13H,14H2,1-3H3,(H,25,27). The van der Waals surface area contributed by atoms with Crippen molar-refractivity contribution in [1.29, 1.82) is 0 Å². The number of oxazole rings is 1. The molecule has 5 heteroatoms. The van der Waals surface area contributed by atoms with Gasteiger partial charge in [0.15, 0.2) is 12.2 Å². The summed E-state index contributed by atoms with van der Waals surface area (Å²) < 4.78 is 11.4. The summed E-state index contributed by atoms with van der Waals surface area (Å²) in [5.74, 6) is 0.993. The molecule has 0 aliphatic carbocycles. The zero-order valence-corrected chi connectivity index (χ0v) is 16.7. The van der Waals surface area contributed by atoms with E-state index < -0.39 is 0 Å². The highest BCUT2D eigenvalue weighted by molar-refractivity contribution is 5.94. The summed E-state index contributed by atoms with van der Waals surface area (Å²) in [5, 5.41) is 2.84. The van der Waals surface area contributed by atoms with Crippen molar-refractivity contribution in [2.24, 2.45) is 0 Å². The third-order valence-corrected chi connectivity index (χ3v) is 4.82. The monoisotopic (exact) mass is 386 g/mol. The van der Waals surface area contributed by atoms with E-state index in [1.807, 2.05) is 43.3 Å². The van der Waals surface area contributed by atoms with Gasteiger partial charge in [-0.15, -0.1) is 0 Å². The van der Waals surface area contributed by atoms with Gasteiger partial charge in [0.1, 0.15) is 11.3 Å². The van der Waals surface area contributed by atoms with Crippen LogP contribution in [0.1, 0.15) is 16.7 Å². The molecule has 0 radical (unpaired) electrons. The Kier molecular flexibility index (Phi) is 5.04. The summed E-state index contributed by atoms with van der Waals surface area (Å²) in [6, 6.07) is 19.1. The van der Waals surface area contributed by atoms with E-state index in [2.05, 4.69) is 36.3 Å². The maximum atomic E-state index is 12.2. The number of aromatic nitrogens is 1. The summed E-state index contributed by atoms with van der Waals surface area (Å²) in [6.45, 7) is 6.08. The third-order valence-electron chi connectivity index (χ3n) is 4.82. The number of nitrogens with one attached hydrogen (secondary N) is 1. The fraction of sp³-hybridized carbons (Fsp3) is 0.167. The van der Waals surface area contributed by atoms with Crippen molar-refractivity contribution < 1.29 is 13.9 Å². The minimum Gasteiger partial charge on any atom is -0.484 e. The van der Waals surface area contributed by atoms with E-state index in [4.69, 9.17) is 9.15 Å². The zero-order valence-electron chi connectivity index (χ0n) is 16.7. The zero-order chi connectivity index (χ0) is 20.4. The number of ether oxygens (including phenoxy) is 1. The van der Waals surface area contributed by atoms with Gasteiger partial charge in [0.2, 0.25) is 5.89 Å². The van der Waals surface area contributed by atoms with Crippen LogP contribution < -0.4 is 10.1 Å². The highest BCUT2D eigenvalue weighted by Gasteiger charge is 2.11. The molecule has 0 aliphatic rings. The lowest BCUT2D eigenvalue weighted by Gasteiger charge is -2.07. The van der Waals surface area contributed by atoms with Gasteiger partial charge in [-0.2, -0.15) is 0 Å². The second-order valence-electron chi connectivity index (χ2n) is 7.15. The molecule has 4 aromatic rings. The van der Waals surface area contributed by atoms with E-state index in [1.54, 1.807) is 12.1 Å². The Labute approximate surface area is 169 Å². The van der Waals surface area contributed by atoms with Crippen molar-refractivity contribution in [2.45, 2.75) is 20.8 Å². The molecule has 0 saturated carbocycles. The maximum Gasteiger partial charge on any atom is 0.262 e. The van der Waals surface area contributed by atoms with Gasteiger partial charge in [-0.05, 0) is 74.4 Å². The molecule has 1 heterocycles. The predicted molar refractivity (Wildman–Crippen MR) is 114 cm³/mol. The number of hydrogen-bond acceptors (Lipinski definition) is 4. The van der Waals surface area contributed by atoms with Crippen LogP contribution in [0.4, 0.5) is 5.69 Å². The highest BCUT2D eigenvalue weighted by Crippen LogP contribution is 2.27. The number of carbonyl (C=O) groups excluding carboxylic acids is 1. The number of amides is 1. The minimum absolute atomic E-state index is 0.0617. The van der Waals surface area contributed by atoms with Gasteiger partial charge in [0, 0.05) is 11.3 Å². The van der Waals surface area contributed by atoms with Gasteiger partial charge in [-0.1, -0.05) is 23.8 Å². The average molecular weight is 386 g/mol. The molecule has 0 saturated heterocycles. The second kappa shape index (κ2) is 7.80. The van der Waals surface area contributed by atoms with Crippen LogP contribution in [-0.4, -0.2) is 17.5 Å². The molecule has 29 heavy (non-hydrogen) atoms. The summed E-state index contributed by atoms with van der Waals surface area (Å²) in [5.41, 5.74) is 6.50. The molecule has 1 N–H and O–H groups in total. The van der Waals surface area contributed by atoms with Crippen LogP contribution in [0.2, 0.25) is 0 Å². The molecule has 0 unspecified atom stereocenters. The van der Waals surface area contributed by atoms with Gasteiger partial charge in [0.25, 0.3) is 5.91 Å². The van der Waals surface area contributed by atoms with E-state index >= 15 is 0 Å². The Hall–Kier alpha value is -3.60. The summed E-state index contributed by atoms with van der Waals surface area (Å²) >= 11 is 0. The number of rotatable bonds is 5. The Morgan fingerprint density at radius 2 is 1.76 bits per heavy atom. The van der Waals surface area contributed by atoms with Gasteiger partial charge in [-0.3, -0.25) is 4.79 Å². The minimum atomic E-state index is -0.234. The van der Waals surface area contributed by atoms with E-state index in [1.165, 1.54) is 11.1 Å². The van der Waals surface area contributed by atoms with Crippen LogP contribution >= 0.6 is 0 Å². The molecule has 0 atom stereocenters. The van der Waals surface area contributed by atoms with Crippen molar-refractivity contribution in [3.8, 4) is 17.2 Å². The van der Waals surface area contributed by atoms with Crippen molar-refractivity contribution >= 4 is 22.7 Å². The Balaban J connectivity index is 1.46. The van der Waals surface area contributed by atoms with E-state index in [0.717, 1.165) is 11.1 Å². The molecule has 0 aliphatic heterocycles.